The van der Waals surface area contributed by atoms with Crippen LogP contribution in [0.4, 0.5) is 11.8 Å². The molecule has 0 aliphatic rings. The van der Waals surface area contributed by atoms with Crippen LogP contribution in [0.2, 0.25) is 0 Å². The Morgan fingerprint density at radius 3 is 2.43 bits per heavy atom. The van der Waals surface area contributed by atoms with Crippen molar-refractivity contribution in [3.63, 3.8) is 0 Å². The average molecular weight is 486 g/mol. The van der Waals surface area contributed by atoms with Crippen molar-refractivity contribution in [2.24, 2.45) is 0 Å². The number of carbonyl (C=O) groups is 1. The molecule has 142 valence electrons. The van der Waals surface area contributed by atoms with Crippen LogP contribution in [0, 0.1) is 6.92 Å². The van der Waals surface area contributed by atoms with Crippen LogP contribution >= 0.6 is 22.6 Å². The van der Waals surface area contributed by atoms with Gasteiger partial charge in [-0.25, -0.2) is 9.97 Å². The Morgan fingerprint density at radius 2 is 1.71 bits per heavy atom. The van der Waals surface area contributed by atoms with Crippen molar-refractivity contribution in [1.29, 1.82) is 0 Å². The number of hydrogen-bond acceptors (Lipinski definition) is 6. The van der Waals surface area contributed by atoms with E-state index >= 15 is 0 Å². The number of H-pyrrole nitrogens is 1. The number of nitrogens with one attached hydrogen (secondary N) is 2. The first-order valence-corrected chi connectivity index (χ1v) is 10.7. The standard InChI is InChI=1S/C19H16N6O.CH3I/c1-11(26)13-7-3-4-8-14(13)17-21-16-10-6-5-9-15(16)18(22-17)23-19-20-12(2)24-25-19;1-2/h3-10H,1-2H3,(H2,20,21,22,23,24,25);1H3. The van der Waals surface area contributed by atoms with E-state index in [2.05, 4.69) is 53.1 Å². The van der Waals surface area contributed by atoms with Crippen LogP contribution in [-0.2, 0) is 0 Å². The van der Waals surface area contributed by atoms with Crippen LogP contribution < -0.4 is 5.32 Å². The first-order chi connectivity index (χ1) is 13.6. The van der Waals surface area contributed by atoms with Crippen LogP contribution in [0.1, 0.15) is 23.1 Å². The maximum atomic E-state index is 12.0. The summed E-state index contributed by atoms with van der Waals surface area (Å²) in [5.74, 6) is 2.16. The number of carbonyl (C=O) groups excluding carboxylic acids is 1. The summed E-state index contributed by atoms with van der Waals surface area (Å²) in [6.07, 6.45) is 0. The predicted octanol–water partition coefficient (Wildman–Crippen LogP) is 4.72. The Bertz CT molecular complexity index is 1120. The van der Waals surface area contributed by atoms with Crippen molar-refractivity contribution >= 4 is 51.0 Å². The van der Waals surface area contributed by atoms with Crippen molar-refractivity contribution in [1.82, 2.24) is 25.1 Å². The third-order valence-corrected chi connectivity index (χ3v) is 3.98. The second-order valence-electron chi connectivity index (χ2n) is 5.88. The van der Waals surface area contributed by atoms with Crippen LogP contribution in [-0.4, -0.2) is 35.9 Å². The first-order valence-electron chi connectivity index (χ1n) is 8.53. The molecule has 0 atom stereocenters. The third kappa shape index (κ3) is 4.16. The maximum absolute atomic E-state index is 12.0. The van der Waals surface area contributed by atoms with Crippen molar-refractivity contribution in [2.45, 2.75) is 13.8 Å². The van der Waals surface area contributed by atoms with E-state index in [9.17, 15) is 4.79 Å². The van der Waals surface area contributed by atoms with Gasteiger partial charge in [0.1, 0.15) is 11.6 Å². The summed E-state index contributed by atoms with van der Waals surface area (Å²) in [6.45, 7) is 3.36. The quantitative estimate of drug-likeness (QED) is 0.246. The van der Waals surface area contributed by atoms with E-state index in [0.29, 0.717) is 34.5 Å². The number of Topliss-reactive ketones (excluding diaryl/α,β-unsaturated/α-hetero) is 1. The lowest BCUT2D eigenvalue weighted by atomic mass is 10.0. The number of halogens is 1. The first kappa shape index (κ1) is 19.9. The molecular weight excluding hydrogens is 467 g/mol. The molecule has 2 aromatic heterocycles. The van der Waals surface area contributed by atoms with E-state index in [1.165, 1.54) is 6.92 Å². The molecule has 0 fully saturated rings. The molecule has 8 heteroatoms. The second kappa shape index (κ2) is 8.87. The lowest BCUT2D eigenvalue weighted by Gasteiger charge is -2.10. The van der Waals surface area contributed by atoms with E-state index in [4.69, 9.17) is 0 Å². The van der Waals surface area contributed by atoms with Gasteiger partial charge >= 0.3 is 0 Å². The zero-order chi connectivity index (χ0) is 20.1. The molecule has 0 amide bonds. The average Bonchev–Trinajstić information content (AvgIpc) is 3.14. The SMILES string of the molecule is CC(=O)c1ccccc1-c1nc(Nc2n[nH]c(C)n2)c2ccccc2n1.CI. The van der Waals surface area contributed by atoms with Gasteiger partial charge in [-0.2, -0.15) is 4.98 Å². The molecular formula is C20H19IN6O. The molecule has 2 aromatic carbocycles. The smallest absolute Gasteiger partial charge is 0.247 e. The second-order valence-corrected chi connectivity index (χ2v) is 5.88. The normalized spacial score (nSPS) is 10.3. The van der Waals surface area contributed by atoms with Crippen LogP contribution in [0.25, 0.3) is 22.3 Å². The molecule has 2 heterocycles. The minimum absolute atomic E-state index is 0.0311. The number of aromatic amines is 1. The molecule has 0 spiro atoms. The number of rotatable bonds is 4. The molecule has 0 saturated carbocycles. The number of anilines is 2. The third-order valence-electron chi connectivity index (χ3n) is 3.98. The number of benzene rings is 2. The summed E-state index contributed by atoms with van der Waals surface area (Å²) >= 11 is 2.15. The van der Waals surface area contributed by atoms with E-state index in [0.717, 1.165) is 10.9 Å². The number of ketones is 1. The fraction of sp³-hybridized carbons (Fsp3) is 0.150. The van der Waals surface area contributed by atoms with Gasteiger partial charge in [0.25, 0.3) is 0 Å². The number of aryl methyl sites for hydroxylation is 1. The van der Waals surface area contributed by atoms with Crippen molar-refractivity contribution in [3.8, 4) is 11.4 Å². The lowest BCUT2D eigenvalue weighted by Crippen LogP contribution is -2.03. The molecule has 0 bridgehead atoms. The Hall–Kier alpha value is -2.88. The summed E-state index contributed by atoms with van der Waals surface area (Å²) < 4.78 is 0. The fourth-order valence-electron chi connectivity index (χ4n) is 2.78. The molecule has 4 aromatic rings. The Kier molecular flexibility index (Phi) is 6.30. The van der Waals surface area contributed by atoms with E-state index in [1.807, 2.05) is 54.3 Å². The summed E-state index contributed by atoms with van der Waals surface area (Å²) in [5.41, 5.74) is 2.05. The fourth-order valence-corrected chi connectivity index (χ4v) is 2.78. The molecule has 2 N–H and O–H groups in total. The number of aromatic nitrogens is 5. The minimum atomic E-state index is -0.0311. The molecule has 0 unspecified atom stereocenters. The summed E-state index contributed by atoms with van der Waals surface area (Å²) in [7, 11) is 0. The van der Waals surface area contributed by atoms with Gasteiger partial charge in [0.2, 0.25) is 5.95 Å². The summed E-state index contributed by atoms with van der Waals surface area (Å²) in [4.78, 5) is 27.5. The highest BCUT2D eigenvalue weighted by Crippen LogP contribution is 2.28. The van der Waals surface area contributed by atoms with Gasteiger partial charge in [0.05, 0.1) is 5.52 Å². The van der Waals surface area contributed by atoms with Gasteiger partial charge in [-0.05, 0) is 30.9 Å². The number of para-hydroxylation sites is 1. The number of nitrogens with zero attached hydrogens (tertiary/aromatic N) is 4. The van der Waals surface area contributed by atoms with E-state index in [-0.39, 0.29) is 5.78 Å². The highest BCUT2D eigenvalue weighted by atomic mass is 127. The van der Waals surface area contributed by atoms with Crippen molar-refractivity contribution < 1.29 is 4.79 Å². The number of fused-ring (bicyclic) bond motifs is 1. The molecule has 0 aliphatic heterocycles. The molecule has 28 heavy (non-hydrogen) atoms. The maximum Gasteiger partial charge on any atom is 0.247 e. The van der Waals surface area contributed by atoms with Crippen LogP contribution in [0.15, 0.2) is 48.5 Å². The number of alkyl halides is 1. The Labute approximate surface area is 176 Å². The molecule has 0 aliphatic carbocycles. The highest BCUT2D eigenvalue weighted by molar-refractivity contribution is 14.1. The van der Waals surface area contributed by atoms with Gasteiger partial charge in [0.15, 0.2) is 11.6 Å². The molecule has 4 rings (SSSR count). The van der Waals surface area contributed by atoms with Crippen LogP contribution in [0.5, 0.6) is 0 Å². The van der Waals surface area contributed by atoms with Gasteiger partial charge in [-0.15, -0.1) is 5.10 Å². The molecule has 7 nitrogen and oxygen atoms in total. The van der Waals surface area contributed by atoms with Crippen molar-refractivity contribution in [2.75, 3.05) is 10.2 Å². The summed E-state index contributed by atoms with van der Waals surface area (Å²) in [5, 5.41) is 10.9. The predicted molar refractivity (Wildman–Crippen MR) is 119 cm³/mol. The Morgan fingerprint density at radius 1 is 1.00 bits per heavy atom. The van der Waals surface area contributed by atoms with Crippen molar-refractivity contribution in [3.05, 3.63) is 59.9 Å². The zero-order valence-electron chi connectivity index (χ0n) is 15.7. The zero-order valence-corrected chi connectivity index (χ0v) is 17.9. The lowest BCUT2D eigenvalue weighted by molar-refractivity contribution is 0.101. The molecule has 0 saturated heterocycles. The van der Waals surface area contributed by atoms with Crippen LogP contribution in [0.3, 0.4) is 0 Å². The minimum Gasteiger partial charge on any atom is -0.307 e. The van der Waals surface area contributed by atoms with Gasteiger partial charge in [-0.1, -0.05) is 59.0 Å². The number of hydrogen-bond donors (Lipinski definition) is 2. The monoisotopic (exact) mass is 486 g/mol. The van der Waals surface area contributed by atoms with E-state index < -0.39 is 0 Å². The van der Waals surface area contributed by atoms with E-state index in [1.54, 1.807) is 6.07 Å². The largest absolute Gasteiger partial charge is 0.307 e. The summed E-state index contributed by atoms with van der Waals surface area (Å²) in [6, 6.07) is 15.0. The van der Waals surface area contributed by atoms with Gasteiger partial charge in [0, 0.05) is 16.5 Å². The highest BCUT2D eigenvalue weighted by Gasteiger charge is 2.15. The molecule has 0 radical (unpaired) electrons. The van der Waals surface area contributed by atoms with Gasteiger partial charge in [-0.3, -0.25) is 9.89 Å². The van der Waals surface area contributed by atoms with Gasteiger partial charge < -0.3 is 5.32 Å². The topological polar surface area (TPSA) is 96.5 Å². The Balaban J connectivity index is 0.00000109.